The molecule has 1 heterocycles. The fourth-order valence-electron chi connectivity index (χ4n) is 3.74. The summed E-state index contributed by atoms with van der Waals surface area (Å²) in [5, 5.41) is 24.6. The average molecular weight is 539 g/mol. The van der Waals surface area contributed by atoms with Gasteiger partial charge in [0.05, 0.1) is 11.9 Å². The molecule has 0 aliphatic carbocycles. The normalized spacial score (nSPS) is 11.6. The van der Waals surface area contributed by atoms with Crippen LogP contribution in [0.15, 0.2) is 41.7 Å². The zero-order valence-electron chi connectivity index (χ0n) is 21.9. The van der Waals surface area contributed by atoms with E-state index in [-0.39, 0.29) is 21.9 Å². The Bertz CT molecular complexity index is 1160. The number of hydrogen-bond acceptors (Lipinski definition) is 5. The second-order valence-corrected chi connectivity index (χ2v) is 11.0. The molecular weight excluding hydrogens is 504 g/mol. The maximum absolute atomic E-state index is 12.1. The Labute approximate surface area is 224 Å². The number of nitrogens with zero attached hydrogens (tertiary/aromatic N) is 3. The van der Waals surface area contributed by atoms with Crippen molar-refractivity contribution in [3.63, 3.8) is 0 Å². The molecule has 0 unspecified atom stereocenters. The van der Waals surface area contributed by atoms with Crippen molar-refractivity contribution >= 4 is 23.5 Å². The van der Waals surface area contributed by atoms with Gasteiger partial charge in [0.1, 0.15) is 0 Å². The molecule has 0 bridgehead atoms. The summed E-state index contributed by atoms with van der Waals surface area (Å²) < 4.78 is 0. The van der Waals surface area contributed by atoms with Crippen molar-refractivity contribution in [2.45, 2.75) is 73.1 Å². The monoisotopic (exact) mass is 537 g/mol. The van der Waals surface area contributed by atoms with E-state index in [0.29, 0.717) is 22.0 Å². The summed E-state index contributed by atoms with van der Waals surface area (Å²) in [6.07, 6.45) is 5.12. The minimum Gasteiger partial charge on any atom is -0.873 e. The van der Waals surface area contributed by atoms with E-state index in [9.17, 15) is 10.2 Å². The van der Waals surface area contributed by atoms with E-state index in [2.05, 4.69) is 47.9 Å². The van der Waals surface area contributed by atoms with E-state index in [1.54, 1.807) is 30.7 Å². The zero-order chi connectivity index (χ0) is 25.8. The van der Waals surface area contributed by atoms with Gasteiger partial charge in [-0.05, 0) is 66.0 Å². The third kappa shape index (κ3) is 8.05. The number of rotatable bonds is 2. The van der Waals surface area contributed by atoms with Crippen LogP contribution in [-0.2, 0) is 27.3 Å². The van der Waals surface area contributed by atoms with Gasteiger partial charge in [-0.15, -0.1) is 11.5 Å². The first kappa shape index (κ1) is 30.6. The Hall–Kier alpha value is -2.43. The Morgan fingerprint density at radius 1 is 0.829 bits per heavy atom. The van der Waals surface area contributed by atoms with Gasteiger partial charge in [-0.3, -0.25) is 4.99 Å². The summed E-state index contributed by atoms with van der Waals surface area (Å²) in [5.74, 6) is -0.256. The van der Waals surface area contributed by atoms with Crippen molar-refractivity contribution in [1.29, 1.82) is 0 Å². The first-order chi connectivity index (χ1) is 15.6. The number of hydrogen-bond donors (Lipinski definition) is 0. The molecular formula is C28H34ClN3NiO2. The summed E-state index contributed by atoms with van der Waals surface area (Å²) in [6.45, 7) is 17.6. The Morgan fingerprint density at radius 2 is 1.34 bits per heavy atom. The van der Waals surface area contributed by atoms with Gasteiger partial charge >= 0.3 is 16.5 Å². The maximum atomic E-state index is 12.1. The number of halogens is 1. The van der Waals surface area contributed by atoms with Crippen LogP contribution >= 0.6 is 11.6 Å². The smallest absolute Gasteiger partial charge is 0.873 e. The van der Waals surface area contributed by atoms with Gasteiger partial charge in [-0.2, -0.15) is 0 Å². The number of aromatic nitrogens is 2. The van der Waals surface area contributed by atoms with Crippen LogP contribution in [0.2, 0.25) is 5.02 Å². The SMILES string of the molecule is CC(C)(C)c1cc(Cl)c(C(C)(C)C)c([O-])c1[O-].Cc1cc(C)c(N=Cc2ncccn2)c(C)c1.[Ni+2]. The van der Waals surface area contributed by atoms with E-state index in [0.717, 1.165) is 5.69 Å². The standard InChI is InChI=1S/C14H21ClO2.C14H15N3.Ni/c1-13(2,3)8-7-9(15)10(14(4,5)6)12(17)11(8)16;1-10-7-11(2)14(12(3)8-10)17-9-13-15-5-4-6-16-13;/h7,16-17H,1-6H3;4-9H,1-3H3;/q;;+2/p-2. The minimum atomic E-state index is -0.463. The van der Waals surface area contributed by atoms with Gasteiger partial charge in [0.2, 0.25) is 0 Å². The third-order valence-corrected chi connectivity index (χ3v) is 5.57. The van der Waals surface area contributed by atoms with Crippen molar-refractivity contribution in [3.8, 4) is 11.5 Å². The molecule has 0 aliphatic heterocycles. The van der Waals surface area contributed by atoms with Crippen molar-refractivity contribution in [2.75, 3.05) is 0 Å². The van der Waals surface area contributed by atoms with Crippen molar-refractivity contribution < 1.29 is 26.7 Å². The molecule has 3 aromatic rings. The number of aliphatic imine (C=N–C) groups is 1. The summed E-state index contributed by atoms with van der Waals surface area (Å²) in [5.41, 5.74) is 4.74. The maximum Gasteiger partial charge on any atom is 2.00 e. The second-order valence-electron chi connectivity index (χ2n) is 10.6. The topological polar surface area (TPSA) is 84.3 Å². The fraction of sp³-hybridized carbons (Fsp3) is 0.393. The average Bonchev–Trinajstić information content (AvgIpc) is 2.69. The molecule has 35 heavy (non-hydrogen) atoms. The first-order valence-electron chi connectivity index (χ1n) is 11.2. The van der Waals surface area contributed by atoms with Crippen LogP contribution in [0.1, 0.15) is 75.2 Å². The van der Waals surface area contributed by atoms with Crippen molar-refractivity contribution in [3.05, 3.63) is 75.3 Å². The van der Waals surface area contributed by atoms with Crippen LogP contribution in [-0.4, -0.2) is 16.2 Å². The predicted molar refractivity (Wildman–Crippen MR) is 138 cm³/mol. The molecule has 0 atom stereocenters. The Morgan fingerprint density at radius 3 is 1.80 bits per heavy atom. The summed E-state index contributed by atoms with van der Waals surface area (Å²) in [6, 6.07) is 7.70. The van der Waals surface area contributed by atoms with E-state index in [1.807, 2.05) is 41.5 Å². The number of aryl methyl sites for hydroxylation is 3. The molecule has 5 nitrogen and oxygen atoms in total. The molecule has 0 fully saturated rings. The van der Waals surface area contributed by atoms with Crippen LogP contribution in [0, 0.1) is 20.8 Å². The second kappa shape index (κ2) is 12.0. The summed E-state index contributed by atoms with van der Waals surface area (Å²) in [4.78, 5) is 12.7. The van der Waals surface area contributed by atoms with Gasteiger partial charge in [0, 0.05) is 17.4 Å². The fourth-order valence-corrected chi connectivity index (χ4v) is 4.22. The van der Waals surface area contributed by atoms with Gasteiger partial charge in [-0.1, -0.05) is 70.8 Å². The summed E-state index contributed by atoms with van der Waals surface area (Å²) in [7, 11) is 0. The first-order valence-corrected chi connectivity index (χ1v) is 11.6. The molecule has 2 aromatic carbocycles. The van der Waals surface area contributed by atoms with E-state index < -0.39 is 16.9 Å². The zero-order valence-corrected chi connectivity index (χ0v) is 23.6. The van der Waals surface area contributed by atoms with E-state index >= 15 is 0 Å². The van der Waals surface area contributed by atoms with Crippen molar-refractivity contribution in [1.82, 2.24) is 9.97 Å². The molecule has 0 aliphatic rings. The molecule has 3 rings (SSSR count). The van der Waals surface area contributed by atoms with Gasteiger partial charge in [-0.25, -0.2) is 9.97 Å². The summed E-state index contributed by atoms with van der Waals surface area (Å²) >= 11 is 6.16. The van der Waals surface area contributed by atoms with Gasteiger partial charge < -0.3 is 10.2 Å². The predicted octanol–water partition coefficient (Wildman–Crippen LogP) is 6.23. The molecule has 0 saturated carbocycles. The van der Waals surface area contributed by atoms with E-state index in [4.69, 9.17) is 11.6 Å². The van der Waals surface area contributed by atoms with Crippen LogP contribution in [0.4, 0.5) is 5.69 Å². The molecule has 7 heteroatoms. The van der Waals surface area contributed by atoms with Gasteiger partial charge in [0.25, 0.3) is 0 Å². The molecule has 0 N–H and O–H groups in total. The van der Waals surface area contributed by atoms with Gasteiger partial charge in [0.15, 0.2) is 5.82 Å². The molecule has 0 radical (unpaired) electrons. The molecule has 1 aromatic heterocycles. The Balaban J connectivity index is 0.000000340. The van der Waals surface area contributed by atoms with Crippen LogP contribution in [0.25, 0.3) is 0 Å². The van der Waals surface area contributed by atoms with Crippen LogP contribution in [0.3, 0.4) is 0 Å². The molecule has 0 amide bonds. The van der Waals surface area contributed by atoms with Crippen molar-refractivity contribution in [2.24, 2.45) is 4.99 Å². The largest absolute Gasteiger partial charge is 2.00 e. The van der Waals surface area contributed by atoms with Crippen LogP contribution < -0.4 is 10.2 Å². The minimum absolute atomic E-state index is 0. The molecule has 0 saturated heterocycles. The van der Waals surface area contributed by atoms with Crippen LogP contribution in [0.5, 0.6) is 11.5 Å². The number of benzene rings is 2. The van der Waals surface area contributed by atoms with E-state index in [1.165, 1.54) is 16.7 Å². The third-order valence-electron chi connectivity index (χ3n) is 5.28. The Kier molecular flexibility index (Phi) is 10.5. The quantitative estimate of drug-likeness (QED) is 0.286. The molecule has 0 spiro atoms. The molecule has 190 valence electrons.